The molecule has 0 radical (unpaired) electrons. The van der Waals surface area contributed by atoms with Gasteiger partial charge in [-0.2, -0.15) is 0 Å². The highest BCUT2D eigenvalue weighted by Crippen LogP contribution is 2.03. The standard InChI is InChI=1S/C12H14O2/c1-2-3-4-5-6-7-8-9-10-11-12(13)14/h1,5-6H,7-11H2,(H,13,14). The summed E-state index contributed by atoms with van der Waals surface area (Å²) in [5.41, 5.74) is 0. The van der Waals surface area contributed by atoms with E-state index in [2.05, 4.69) is 17.8 Å². The molecule has 2 heteroatoms. The van der Waals surface area contributed by atoms with E-state index in [1.54, 1.807) is 6.08 Å². The monoisotopic (exact) mass is 190 g/mol. The molecule has 0 unspecified atom stereocenters. The largest absolute Gasteiger partial charge is 0.481 e. The van der Waals surface area contributed by atoms with E-state index >= 15 is 0 Å². The average Bonchev–Trinajstić information content (AvgIpc) is 2.15. The number of hydrogen-bond donors (Lipinski definition) is 1. The van der Waals surface area contributed by atoms with Crippen molar-refractivity contribution in [3.05, 3.63) is 12.2 Å². The third-order valence-corrected chi connectivity index (χ3v) is 1.61. The zero-order valence-corrected chi connectivity index (χ0v) is 8.12. The summed E-state index contributed by atoms with van der Waals surface area (Å²) in [4.78, 5) is 10.2. The Morgan fingerprint density at radius 3 is 2.79 bits per heavy atom. The molecule has 0 aliphatic carbocycles. The third-order valence-electron chi connectivity index (χ3n) is 1.61. The van der Waals surface area contributed by atoms with Crippen molar-refractivity contribution in [2.75, 3.05) is 0 Å². The van der Waals surface area contributed by atoms with Gasteiger partial charge in [0, 0.05) is 6.42 Å². The van der Waals surface area contributed by atoms with E-state index in [4.69, 9.17) is 11.5 Å². The van der Waals surface area contributed by atoms with Gasteiger partial charge in [-0.05, 0) is 37.2 Å². The molecule has 0 fully saturated rings. The summed E-state index contributed by atoms with van der Waals surface area (Å²) >= 11 is 0. The van der Waals surface area contributed by atoms with Crippen molar-refractivity contribution >= 4 is 5.97 Å². The molecule has 0 aromatic carbocycles. The zero-order chi connectivity index (χ0) is 10.6. The van der Waals surface area contributed by atoms with Gasteiger partial charge in [0.15, 0.2) is 0 Å². The molecule has 14 heavy (non-hydrogen) atoms. The first-order chi connectivity index (χ1) is 6.77. The lowest BCUT2D eigenvalue weighted by Gasteiger charge is -1.94. The first-order valence-corrected chi connectivity index (χ1v) is 4.60. The van der Waals surface area contributed by atoms with Gasteiger partial charge in [0.1, 0.15) is 0 Å². The van der Waals surface area contributed by atoms with E-state index < -0.39 is 5.97 Å². The van der Waals surface area contributed by atoms with Crippen molar-refractivity contribution in [2.45, 2.75) is 32.1 Å². The first kappa shape index (κ1) is 12.3. The minimum Gasteiger partial charge on any atom is -0.481 e. The average molecular weight is 190 g/mol. The summed E-state index contributed by atoms with van der Waals surface area (Å²) in [5.74, 6) is 6.65. The molecule has 0 atom stereocenters. The number of allylic oxidation sites excluding steroid dienone is 2. The Morgan fingerprint density at radius 2 is 2.14 bits per heavy atom. The first-order valence-electron chi connectivity index (χ1n) is 4.60. The summed E-state index contributed by atoms with van der Waals surface area (Å²) in [7, 11) is 0. The lowest BCUT2D eigenvalue weighted by molar-refractivity contribution is -0.137. The third kappa shape index (κ3) is 10.3. The van der Waals surface area contributed by atoms with E-state index in [9.17, 15) is 4.79 Å². The predicted molar refractivity (Wildman–Crippen MR) is 56.5 cm³/mol. The number of terminal acetylenes is 1. The van der Waals surface area contributed by atoms with Crippen LogP contribution in [0.1, 0.15) is 32.1 Å². The Labute approximate surface area is 85.0 Å². The molecule has 0 bridgehead atoms. The maximum Gasteiger partial charge on any atom is 0.303 e. The van der Waals surface area contributed by atoms with Crippen LogP contribution in [0.3, 0.4) is 0 Å². The summed E-state index contributed by atoms with van der Waals surface area (Å²) < 4.78 is 0. The van der Waals surface area contributed by atoms with Crippen molar-refractivity contribution in [3.8, 4) is 24.2 Å². The van der Waals surface area contributed by atoms with Crippen molar-refractivity contribution in [3.63, 3.8) is 0 Å². The van der Waals surface area contributed by atoms with Gasteiger partial charge in [0.05, 0.1) is 0 Å². The van der Waals surface area contributed by atoms with E-state index in [1.165, 1.54) is 0 Å². The SMILES string of the molecule is C#CC#CC=CCCCCCC(=O)O. The molecule has 1 N–H and O–H groups in total. The fraction of sp³-hybridized carbons (Fsp3) is 0.417. The van der Waals surface area contributed by atoms with Crippen molar-refractivity contribution in [1.82, 2.24) is 0 Å². The fourth-order valence-electron chi connectivity index (χ4n) is 0.941. The van der Waals surface area contributed by atoms with Gasteiger partial charge in [0.2, 0.25) is 0 Å². The molecule has 0 aromatic heterocycles. The van der Waals surface area contributed by atoms with E-state index in [-0.39, 0.29) is 6.42 Å². The maximum atomic E-state index is 10.2. The molecule has 0 spiro atoms. The van der Waals surface area contributed by atoms with E-state index in [0.717, 1.165) is 25.7 Å². The van der Waals surface area contributed by atoms with Crippen LogP contribution in [0.5, 0.6) is 0 Å². The minimum atomic E-state index is -0.722. The van der Waals surface area contributed by atoms with Gasteiger partial charge in [0.25, 0.3) is 0 Å². The summed E-state index contributed by atoms with van der Waals surface area (Å²) in [6.07, 6.45) is 12.5. The van der Waals surface area contributed by atoms with Crippen LogP contribution in [0.15, 0.2) is 12.2 Å². The number of carboxylic acid groups (broad SMARTS) is 1. The molecular formula is C12H14O2. The number of carbonyl (C=O) groups is 1. The highest BCUT2D eigenvalue weighted by Gasteiger charge is 1.94. The molecule has 2 nitrogen and oxygen atoms in total. The van der Waals surface area contributed by atoms with Gasteiger partial charge in [-0.1, -0.05) is 18.4 Å². The summed E-state index contributed by atoms with van der Waals surface area (Å²) in [6.45, 7) is 0. The molecule has 0 amide bonds. The van der Waals surface area contributed by atoms with Crippen LogP contribution < -0.4 is 0 Å². The summed E-state index contributed by atoms with van der Waals surface area (Å²) in [6, 6.07) is 0. The van der Waals surface area contributed by atoms with Crippen molar-refractivity contribution in [1.29, 1.82) is 0 Å². The zero-order valence-electron chi connectivity index (χ0n) is 8.12. The Balaban J connectivity index is 3.26. The van der Waals surface area contributed by atoms with Crippen molar-refractivity contribution < 1.29 is 9.90 Å². The molecule has 0 saturated heterocycles. The van der Waals surface area contributed by atoms with Crippen molar-refractivity contribution in [2.24, 2.45) is 0 Å². The van der Waals surface area contributed by atoms with Gasteiger partial charge in [-0.25, -0.2) is 0 Å². The molecular weight excluding hydrogens is 176 g/mol. The predicted octanol–water partition coefficient (Wildman–Crippen LogP) is 2.21. The van der Waals surface area contributed by atoms with Crippen LogP contribution in [-0.2, 0) is 4.79 Å². The molecule has 0 aliphatic rings. The summed E-state index contributed by atoms with van der Waals surface area (Å²) in [5, 5.41) is 8.36. The second kappa shape index (κ2) is 9.42. The van der Waals surface area contributed by atoms with Crippen LogP contribution in [0.2, 0.25) is 0 Å². The highest BCUT2D eigenvalue weighted by molar-refractivity contribution is 5.66. The van der Waals surface area contributed by atoms with Crippen LogP contribution in [-0.4, -0.2) is 11.1 Å². The van der Waals surface area contributed by atoms with E-state index in [0.29, 0.717) is 0 Å². The molecule has 0 aliphatic heterocycles. The number of aliphatic carboxylic acids is 1. The Bertz CT molecular complexity index is 284. The lowest BCUT2D eigenvalue weighted by Crippen LogP contribution is -1.93. The Kier molecular flexibility index (Phi) is 8.29. The minimum absolute atomic E-state index is 0.264. The smallest absolute Gasteiger partial charge is 0.303 e. The number of rotatable bonds is 6. The van der Waals surface area contributed by atoms with E-state index in [1.807, 2.05) is 6.08 Å². The van der Waals surface area contributed by atoms with Gasteiger partial charge in [-0.15, -0.1) is 6.42 Å². The molecule has 0 aromatic rings. The molecule has 0 rings (SSSR count). The molecule has 0 saturated carbocycles. The van der Waals surface area contributed by atoms with Crippen LogP contribution in [0.4, 0.5) is 0 Å². The second-order valence-electron chi connectivity index (χ2n) is 2.81. The second-order valence-corrected chi connectivity index (χ2v) is 2.81. The van der Waals surface area contributed by atoms with Crippen LogP contribution >= 0.6 is 0 Å². The number of hydrogen-bond acceptors (Lipinski definition) is 1. The van der Waals surface area contributed by atoms with Crippen LogP contribution in [0.25, 0.3) is 0 Å². The maximum absolute atomic E-state index is 10.2. The normalized spacial score (nSPS) is 9.07. The molecule has 74 valence electrons. The van der Waals surface area contributed by atoms with Gasteiger partial charge in [-0.3, -0.25) is 4.79 Å². The Hall–Kier alpha value is -1.67. The number of carboxylic acids is 1. The van der Waals surface area contributed by atoms with Gasteiger partial charge < -0.3 is 5.11 Å². The number of unbranched alkanes of at least 4 members (excludes halogenated alkanes) is 3. The molecule has 0 heterocycles. The lowest BCUT2D eigenvalue weighted by atomic mass is 10.1. The Morgan fingerprint density at radius 1 is 1.36 bits per heavy atom. The highest BCUT2D eigenvalue weighted by atomic mass is 16.4. The topological polar surface area (TPSA) is 37.3 Å². The van der Waals surface area contributed by atoms with Crippen LogP contribution in [0, 0.1) is 24.2 Å². The van der Waals surface area contributed by atoms with Gasteiger partial charge >= 0.3 is 5.97 Å². The quantitative estimate of drug-likeness (QED) is 0.515. The fourth-order valence-corrected chi connectivity index (χ4v) is 0.941.